The molecule has 102 valence electrons. The summed E-state index contributed by atoms with van der Waals surface area (Å²) in [6.07, 6.45) is 1.19. The summed E-state index contributed by atoms with van der Waals surface area (Å²) in [6, 6.07) is 8.33. The molecule has 1 aromatic rings. The maximum atomic E-state index is 5.72. The summed E-state index contributed by atoms with van der Waals surface area (Å²) in [5.41, 5.74) is 1.30. The molecule has 3 nitrogen and oxygen atoms in total. The van der Waals surface area contributed by atoms with Crippen LogP contribution in [0.5, 0.6) is 5.75 Å². The second-order valence-corrected chi connectivity index (χ2v) is 4.58. The molecule has 0 atom stereocenters. The molecular formula is C15H26N2O. The topological polar surface area (TPSA) is 24.5 Å². The Labute approximate surface area is 111 Å². The summed E-state index contributed by atoms with van der Waals surface area (Å²) < 4.78 is 5.72. The van der Waals surface area contributed by atoms with Gasteiger partial charge >= 0.3 is 0 Å². The van der Waals surface area contributed by atoms with Gasteiger partial charge in [-0.15, -0.1) is 0 Å². The zero-order valence-corrected chi connectivity index (χ0v) is 11.9. The zero-order chi connectivity index (χ0) is 13.2. The summed E-state index contributed by atoms with van der Waals surface area (Å²) in [7, 11) is 2.13. The molecular weight excluding hydrogens is 224 g/mol. The van der Waals surface area contributed by atoms with E-state index in [0.717, 1.165) is 38.5 Å². The van der Waals surface area contributed by atoms with Crippen LogP contribution in [-0.4, -0.2) is 38.2 Å². The van der Waals surface area contributed by atoms with Crippen LogP contribution in [0.3, 0.4) is 0 Å². The average Bonchev–Trinajstić information content (AvgIpc) is 2.38. The van der Waals surface area contributed by atoms with Crippen molar-refractivity contribution in [2.75, 3.05) is 33.3 Å². The number of ether oxygens (including phenoxy) is 1. The van der Waals surface area contributed by atoms with Gasteiger partial charge in [0.05, 0.1) is 0 Å². The molecule has 1 N–H and O–H groups in total. The van der Waals surface area contributed by atoms with Crippen molar-refractivity contribution in [3.05, 3.63) is 29.8 Å². The molecule has 0 bridgehead atoms. The van der Waals surface area contributed by atoms with E-state index in [0.29, 0.717) is 0 Å². The average molecular weight is 250 g/mol. The van der Waals surface area contributed by atoms with E-state index >= 15 is 0 Å². The summed E-state index contributed by atoms with van der Waals surface area (Å²) in [6.45, 7) is 9.10. The van der Waals surface area contributed by atoms with Gasteiger partial charge in [-0.1, -0.05) is 26.0 Å². The van der Waals surface area contributed by atoms with Crippen molar-refractivity contribution < 1.29 is 4.74 Å². The van der Waals surface area contributed by atoms with Gasteiger partial charge in [-0.25, -0.2) is 0 Å². The van der Waals surface area contributed by atoms with Crippen LogP contribution >= 0.6 is 0 Å². The fourth-order valence-corrected chi connectivity index (χ4v) is 1.79. The lowest BCUT2D eigenvalue weighted by Crippen LogP contribution is -2.24. The van der Waals surface area contributed by atoms with Gasteiger partial charge < -0.3 is 15.0 Å². The molecule has 1 rings (SSSR count). The number of benzene rings is 1. The maximum absolute atomic E-state index is 5.72. The van der Waals surface area contributed by atoms with Crippen molar-refractivity contribution >= 4 is 0 Å². The van der Waals surface area contributed by atoms with E-state index < -0.39 is 0 Å². The van der Waals surface area contributed by atoms with Crippen molar-refractivity contribution in [2.24, 2.45) is 0 Å². The van der Waals surface area contributed by atoms with Crippen molar-refractivity contribution in [1.29, 1.82) is 0 Å². The number of rotatable bonds is 9. The Balaban J connectivity index is 2.26. The lowest BCUT2D eigenvalue weighted by Gasteiger charge is -2.15. The minimum Gasteiger partial charge on any atom is -0.492 e. The van der Waals surface area contributed by atoms with Crippen LogP contribution in [0.15, 0.2) is 24.3 Å². The van der Waals surface area contributed by atoms with Crippen molar-refractivity contribution in [1.82, 2.24) is 10.2 Å². The molecule has 0 aromatic heterocycles. The standard InChI is InChI=1S/C15H26N2O/c1-4-10-17(3)11-12-18-15-8-6-14(7-9-15)13-16-5-2/h6-9,16H,4-5,10-13H2,1-3H3. The second kappa shape index (κ2) is 8.95. The van der Waals surface area contributed by atoms with Gasteiger partial charge in [0.1, 0.15) is 12.4 Å². The number of hydrogen-bond acceptors (Lipinski definition) is 3. The van der Waals surface area contributed by atoms with Crippen molar-refractivity contribution in [3.63, 3.8) is 0 Å². The van der Waals surface area contributed by atoms with Gasteiger partial charge in [0, 0.05) is 13.1 Å². The summed E-state index contributed by atoms with van der Waals surface area (Å²) >= 11 is 0. The van der Waals surface area contributed by atoms with Crippen LogP contribution in [0.1, 0.15) is 25.8 Å². The lowest BCUT2D eigenvalue weighted by atomic mass is 10.2. The summed E-state index contributed by atoms with van der Waals surface area (Å²) in [5.74, 6) is 0.958. The fourth-order valence-electron chi connectivity index (χ4n) is 1.79. The van der Waals surface area contributed by atoms with Crippen LogP contribution in [0.4, 0.5) is 0 Å². The SMILES string of the molecule is CCCN(C)CCOc1ccc(CNCC)cc1. The second-order valence-electron chi connectivity index (χ2n) is 4.58. The van der Waals surface area contributed by atoms with Crippen LogP contribution in [0.2, 0.25) is 0 Å². The van der Waals surface area contributed by atoms with Gasteiger partial charge in [0.25, 0.3) is 0 Å². The highest BCUT2D eigenvalue weighted by Gasteiger charge is 1.98. The Morgan fingerprint density at radius 3 is 2.44 bits per heavy atom. The molecule has 0 unspecified atom stereocenters. The van der Waals surface area contributed by atoms with E-state index in [1.807, 2.05) is 12.1 Å². The third-order valence-electron chi connectivity index (χ3n) is 2.85. The predicted octanol–water partition coefficient (Wildman–Crippen LogP) is 2.52. The molecule has 0 spiro atoms. The summed E-state index contributed by atoms with van der Waals surface area (Å²) in [5, 5.41) is 3.31. The third kappa shape index (κ3) is 6.03. The Kier molecular flexibility index (Phi) is 7.46. The Hall–Kier alpha value is -1.06. The van der Waals surface area contributed by atoms with Gasteiger partial charge in [-0.05, 0) is 44.3 Å². The Bertz CT molecular complexity index is 311. The van der Waals surface area contributed by atoms with Crippen molar-refractivity contribution in [3.8, 4) is 5.75 Å². The van der Waals surface area contributed by atoms with E-state index in [2.05, 4.69) is 43.2 Å². The van der Waals surface area contributed by atoms with Gasteiger partial charge in [0.15, 0.2) is 0 Å². The van der Waals surface area contributed by atoms with Crippen LogP contribution in [0, 0.1) is 0 Å². The highest BCUT2D eigenvalue weighted by atomic mass is 16.5. The molecule has 3 heteroatoms. The minimum absolute atomic E-state index is 0.753. The van der Waals surface area contributed by atoms with Gasteiger partial charge in [0.2, 0.25) is 0 Å². The van der Waals surface area contributed by atoms with Crippen LogP contribution in [-0.2, 0) is 6.54 Å². The molecule has 0 saturated heterocycles. The largest absolute Gasteiger partial charge is 0.492 e. The monoisotopic (exact) mass is 250 g/mol. The van der Waals surface area contributed by atoms with Crippen molar-refractivity contribution in [2.45, 2.75) is 26.8 Å². The molecule has 0 fully saturated rings. The highest BCUT2D eigenvalue weighted by Crippen LogP contribution is 2.11. The maximum Gasteiger partial charge on any atom is 0.119 e. The number of nitrogens with one attached hydrogen (secondary N) is 1. The van der Waals surface area contributed by atoms with E-state index in [9.17, 15) is 0 Å². The first-order chi connectivity index (χ1) is 8.76. The predicted molar refractivity (Wildman–Crippen MR) is 77.1 cm³/mol. The molecule has 1 aromatic carbocycles. The fraction of sp³-hybridized carbons (Fsp3) is 0.600. The number of hydrogen-bond donors (Lipinski definition) is 1. The molecule has 0 saturated carbocycles. The van der Waals surface area contributed by atoms with E-state index in [4.69, 9.17) is 4.74 Å². The molecule has 0 aliphatic carbocycles. The molecule has 0 radical (unpaired) electrons. The van der Waals surface area contributed by atoms with E-state index in [1.54, 1.807) is 0 Å². The molecule has 0 heterocycles. The first-order valence-electron chi connectivity index (χ1n) is 6.87. The van der Waals surface area contributed by atoms with Crippen LogP contribution in [0.25, 0.3) is 0 Å². The molecule has 0 aliphatic rings. The van der Waals surface area contributed by atoms with Gasteiger partial charge in [-0.2, -0.15) is 0 Å². The zero-order valence-electron chi connectivity index (χ0n) is 11.9. The normalized spacial score (nSPS) is 10.9. The molecule has 0 amide bonds. The van der Waals surface area contributed by atoms with Crippen LogP contribution < -0.4 is 10.1 Å². The number of likely N-dealkylation sites (N-methyl/N-ethyl adjacent to an activating group) is 1. The van der Waals surface area contributed by atoms with E-state index in [1.165, 1.54) is 12.0 Å². The third-order valence-corrected chi connectivity index (χ3v) is 2.85. The summed E-state index contributed by atoms with van der Waals surface area (Å²) in [4.78, 5) is 2.29. The van der Waals surface area contributed by atoms with Gasteiger partial charge in [-0.3, -0.25) is 0 Å². The quantitative estimate of drug-likeness (QED) is 0.729. The smallest absolute Gasteiger partial charge is 0.119 e. The Morgan fingerprint density at radius 1 is 1.11 bits per heavy atom. The van der Waals surface area contributed by atoms with E-state index in [-0.39, 0.29) is 0 Å². The first kappa shape index (κ1) is 15.0. The first-order valence-corrected chi connectivity index (χ1v) is 6.87. The minimum atomic E-state index is 0.753. The Morgan fingerprint density at radius 2 is 1.83 bits per heavy atom. The highest BCUT2D eigenvalue weighted by molar-refractivity contribution is 5.27. The molecule has 0 aliphatic heterocycles. The lowest BCUT2D eigenvalue weighted by molar-refractivity contribution is 0.237. The molecule has 18 heavy (non-hydrogen) atoms. The number of nitrogens with zero attached hydrogens (tertiary/aromatic N) is 1.